The lowest BCUT2D eigenvalue weighted by molar-refractivity contribution is -0.383. The van der Waals surface area contributed by atoms with Crippen LogP contribution in [0.15, 0.2) is 18.2 Å². The normalized spacial score (nSPS) is 19.5. The van der Waals surface area contributed by atoms with Gasteiger partial charge < -0.3 is 15.4 Å². The number of carbonyl (C=O) groups excluding carboxylic acids is 1. The largest absolute Gasteiger partial charge is 0.460 e. The summed E-state index contributed by atoms with van der Waals surface area (Å²) in [6.45, 7) is 7.43. The van der Waals surface area contributed by atoms with Crippen LogP contribution in [0.5, 0.6) is 0 Å². The summed E-state index contributed by atoms with van der Waals surface area (Å²) in [4.78, 5) is 23.0. The Kier molecular flexibility index (Phi) is 4.49. The lowest BCUT2D eigenvalue weighted by Crippen LogP contribution is -2.45. The fourth-order valence-corrected chi connectivity index (χ4v) is 2.81. The molecule has 0 bridgehead atoms. The van der Waals surface area contributed by atoms with Crippen molar-refractivity contribution >= 4 is 23.0 Å². The molecule has 1 aromatic rings. The molecule has 7 heteroatoms. The van der Waals surface area contributed by atoms with E-state index in [1.54, 1.807) is 12.1 Å². The molecule has 0 aromatic heterocycles. The molecule has 1 unspecified atom stereocenters. The van der Waals surface area contributed by atoms with Gasteiger partial charge in [0.05, 0.1) is 17.0 Å². The first kappa shape index (κ1) is 17.1. The summed E-state index contributed by atoms with van der Waals surface area (Å²) in [5.74, 6) is -0.346. The van der Waals surface area contributed by atoms with Crippen LogP contribution in [0.4, 0.5) is 17.1 Å². The van der Waals surface area contributed by atoms with Gasteiger partial charge in [0.2, 0.25) is 0 Å². The summed E-state index contributed by atoms with van der Waals surface area (Å²) >= 11 is 0. The maximum atomic E-state index is 12.2. The van der Waals surface area contributed by atoms with Crippen molar-refractivity contribution in [2.75, 3.05) is 10.6 Å². The molecule has 0 spiro atoms. The van der Waals surface area contributed by atoms with Gasteiger partial charge in [-0.3, -0.25) is 14.9 Å². The average molecular weight is 321 g/mol. The minimum absolute atomic E-state index is 0.00262. The predicted octanol–water partition coefficient (Wildman–Crippen LogP) is 3.66. The zero-order valence-corrected chi connectivity index (χ0v) is 13.9. The van der Waals surface area contributed by atoms with Gasteiger partial charge in [0, 0.05) is 6.07 Å². The second kappa shape index (κ2) is 6.06. The number of para-hydroxylation sites is 1. The van der Waals surface area contributed by atoms with Gasteiger partial charge in [-0.15, -0.1) is 0 Å². The molecule has 7 nitrogen and oxygen atoms in total. The number of ether oxygens (including phenoxy) is 1. The predicted molar refractivity (Wildman–Crippen MR) is 88.4 cm³/mol. The Morgan fingerprint density at radius 2 is 2.04 bits per heavy atom. The minimum Gasteiger partial charge on any atom is -0.460 e. The molecule has 1 atom stereocenters. The molecule has 1 aromatic carbocycles. The molecule has 23 heavy (non-hydrogen) atoms. The number of nitrogens with zero attached hydrogens (tertiary/aromatic N) is 1. The van der Waals surface area contributed by atoms with Gasteiger partial charge in [-0.05, 0) is 33.3 Å². The first-order valence-corrected chi connectivity index (χ1v) is 7.71. The van der Waals surface area contributed by atoms with Crippen molar-refractivity contribution in [1.82, 2.24) is 0 Å². The number of nitrogens with one attached hydrogen (secondary N) is 2. The number of esters is 1. The fourth-order valence-electron chi connectivity index (χ4n) is 2.81. The van der Waals surface area contributed by atoms with Crippen molar-refractivity contribution in [2.24, 2.45) is 0 Å². The summed E-state index contributed by atoms with van der Waals surface area (Å²) in [5.41, 5.74) is -0.268. The van der Waals surface area contributed by atoms with Crippen LogP contribution in [-0.2, 0) is 9.53 Å². The third kappa shape index (κ3) is 3.91. The Morgan fingerprint density at radius 1 is 1.35 bits per heavy atom. The van der Waals surface area contributed by atoms with E-state index in [4.69, 9.17) is 4.74 Å². The lowest BCUT2D eigenvalue weighted by Gasteiger charge is -2.31. The van der Waals surface area contributed by atoms with Crippen molar-refractivity contribution in [1.29, 1.82) is 0 Å². The lowest BCUT2D eigenvalue weighted by atomic mass is 10.0. The number of rotatable bonds is 5. The van der Waals surface area contributed by atoms with Crippen molar-refractivity contribution in [3.8, 4) is 0 Å². The molecule has 0 radical (unpaired) electrons. The van der Waals surface area contributed by atoms with E-state index in [-0.39, 0.29) is 18.1 Å². The summed E-state index contributed by atoms with van der Waals surface area (Å²) in [7, 11) is 0. The van der Waals surface area contributed by atoms with Crippen molar-refractivity contribution in [3.05, 3.63) is 28.3 Å². The van der Waals surface area contributed by atoms with Gasteiger partial charge in [0.25, 0.3) is 5.69 Å². The highest BCUT2D eigenvalue weighted by atomic mass is 16.6. The Morgan fingerprint density at radius 3 is 2.61 bits per heavy atom. The number of hydrogen-bond acceptors (Lipinski definition) is 6. The standard InChI is InChI=1S/C16H23N3O4/c1-5-9-16(10-13(20)23-15(2,3)4)17-11-7-6-8-12(19(21)22)14(11)18-16/h6-8,17-18H,5,9-10H2,1-4H3. The molecule has 126 valence electrons. The first-order valence-electron chi connectivity index (χ1n) is 7.71. The maximum Gasteiger partial charge on any atom is 0.310 e. The molecule has 1 aliphatic heterocycles. The monoisotopic (exact) mass is 321 g/mol. The molecule has 0 aliphatic carbocycles. The summed E-state index contributed by atoms with van der Waals surface area (Å²) in [6, 6.07) is 4.84. The molecule has 1 heterocycles. The quantitative estimate of drug-likeness (QED) is 0.488. The number of carbonyl (C=O) groups is 1. The van der Waals surface area contributed by atoms with Crippen LogP contribution in [0.3, 0.4) is 0 Å². The van der Waals surface area contributed by atoms with Crippen molar-refractivity contribution in [2.45, 2.75) is 58.2 Å². The molecule has 2 rings (SSSR count). The van der Waals surface area contributed by atoms with Crippen LogP contribution in [0.25, 0.3) is 0 Å². The van der Waals surface area contributed by atoms with Gasteiger partial charge in [0.15, 0.2) is 0 Å². The Bertz CT molecular complexity index is 624. The number of hydrogen-bond donors (Lipinski definition) is 2. The average Bonchev–Trinajstić information content (AvgIpc) is 2.73. The zero-order chi connectivity index (χ0) is 17.3. The number of fused-ring (bicyclic) bond motifs is 1. The van der Waals surface area contributed by atoms with Crippen LogP contribution in [-0.4, -0.2) is 22.2 Å². The SMILES string of the molecule is CCCC1(CC(=O)OC(C)(C)C)Nc2cccc([N+](=O)[O-])c2N1. The molecular weight excluding hydrogens is 298 g/mol. The highest BCUT2D eigenvalue weighted by molar-refractivity contribution is 5.86. The van der Waals surface area contributed by atoms with E-state index < -0.39 is 16.2 Å². The molecule has 0 fully saturated rings. The third-order valence-electron chi connectivity index (χ3n) is 3.52. The number of benzene rings is 1. The second-order valence-electron chi connectivity index (χ2n) is 6.80. The maximum absolute atomic E-state index is 12.2. The Balaban J connectivity index is 2.26. The summed E-state index contributed by atoms with van der Waals surface area (Å²) in [6.07, 6.45) is 1.53. The fraction of sp³-hybridized carbons (Fsp3) is 0.562. The van der Waals surface area contributed by atoms with Crippen LogP contribution in [0.2, 0.25) is 0 Å². The molecule has 1 aliphatic rings. The molecule has 2 N–H and O–H groups in total. The van der Waals surface area contributed by atoms with Gasteiger partial charge in [0.1, 0.15) is 17.0 Å². The Labute approximate surface area is 135 Å². The van der Waals surface area contributed by atoms with Crippen molar-refractivity contribution in [3.63, 3.8) is 0 Å². The van der Waals surface area contributed by atoms with E-state index in [1.807, 2.05) is 27.7 Å². The summed E-state index contributed by atoms with van der Waals surface area (Å²) < 4.78 is 5.39. The van der Waals surface area contributed by atoms with Crippen LogP contribution in [0, 0.1) is 10.1 Å². The number of nitro groups is 1. The third-order valence-corrected chi connectivity index (χ3v) is 3.52. The van der Waals surface area contributed by atoms with Gasteiger partial charge >= 0.3 is 5.97 Å². The molecule has 0 saturated carbocycles. The van der Waals surface area contributed by atoms with Crippen LogP contribution in [0.1, 0.15) is 47.0 Å². The number of nitro benzene ring substituents is 1. The minimum atomic E-state index is -0.758. The van der Waals surface area contributed by atoms with E-state index in [9.17, 15) is 14.9 Å². The highest BCUT2D eigenvalue weighted by Gasteiger charge is 2.41. The van der Waals surface area contributed by atoms with Gasteiger partial charge in [-0.25, -0.2) is 0 Å². The molecule has 0 saturated heterocycles. The second-order valence-corrected chi connectivity index (χ2v) is 6.80. The van der Waals surface area contributed by atoms with E-state index in [0.29, 0.717) is 17.8 Å². The van der Waals surface area contributed by atoms with Gasteiger partial charge in [-0.2, -0.15) is 0 Å². The van der Waals surface area contributed by atoms with Crippen LogP contribution < -0.4 is 10.6 Å². The topological polar surface area (TPSA) is 93.5 Å². The zero-order valence-electron chi connectivity index (χ0n) is 13.9. The van der Waals surface area contributed by atoms with E-state index >= 15 is 0 Å². The van der Waals surface area contributed by atoms with Gasteiger partial charge in [-0.1, -0.05) is 19.4 Å². The smallest absolute Gasteiger partial charge is 0.310 e. The van der Waals surface area contributed by atoms with Crippen LogP contribution >= 0.6 is 0 Å². The summed E-state index contributed by atoms with van der Waals surface area (Å²) in [5, 5.41) is 17.6. The molecular formula is C16H23N3O4. The number of anilines is 2. The highest BCUT2D eigenvalue weighted by Crippen LogP contribution is 2.43. The molecule has 0 amide bonds. The van der Waals surface area contributed by atoms with E-state index in [2.05, 4.69) is 10.6 Å². The van der Waals surface area contributed by atoms with Crippen molar-refractivity contribution < 1.29 is 14.5 Å². The van der Waals surface area contributed by atoms with E-state index in [1.165, 1.54) is 6.07 Å². The Hall–Kier alpha value is -2.31. The first-order chi connectivity index (χ1) is 10.7. The van der Waals surface area contributed by atoms with E-state index in [0.717, 1.165) is 6.42 Å².